The molecule has 6 heteroatoms. The average molecular weight is 181 g/mol. The number of rotatable bonds is 1. The molecule has 0 aliphatic carbocycles. The summed E-state index contributed by atoms with van der Waals surface area (Å²) in [6, 6.07) is 1.04. The molecule has 1 unspecified atom stereocenters. The molecule has 0 aliphatic rings. The molecule has 0 bridgehead atoms. The summed E-state index contributed by atoms with van der Waals surface area (Å²) < 4.78 is 39.8. The van der Waals surface area contributed by atoms with E-state index in [2.05, 4.69) is 9.68 Å². The van der Waals surface area contributed by atoms with Crippen LogP contribution in [0.4, 0.5) is 13.2 Å². The number of hydrogen-bond acceptors (Lipinski definition) is 3. The van der Waals surface area contributed by atoms with Gasteiger partial charge in [0.15, 0.2) is 6.10 Å². The zero-order valence-electron chi connectivity index (χ0n) is 6.09. The standard InChI is InChI=1S/C6H6F3NO2/c1-3-2-4(10-12-3)5(11)6(7,8)9/h2,5,11H,1H3. The van der Waals surface area contributed by atoms with Crippen LogP contribution in [0.2, 0.25) is 0 Å². The van der Waals surface area contributed by atoms with Crippen LogP contribution in [0, 0.1) is 6.92 Å². The second-order valence-electron chi connectivity index (χ2n) is 2.31. The molecule has 0 saturated carbocycles. The lowest BCUT2D eigenvalue weighted by Crippen LogP contribution is -2.20. The van der Waals surface area contributed by atoms with Crippen molar-refractivity contribution >= 4 is 0 Å². The normalized spacial score (nSPS) is 14.8. The van der Waals surface area contributed by atoms with Crippen LogP contribution in [0.1, 0.15) is 17.6 Å². The van der Waals surface area contributed by atoms with Crippen LogP contribution in [-0.2, 0) is 0 Å². The summed E-state index contributed by atoms with van der Waals surface area (Å²) in [7, 11) is 0. The maximum absolute atomic E-state index is 11.8. The van der Waals surface area contributed by atoms with Crippen LogP contribution in [0.25, 0.3) is 0 Å². The predicted molar refractivity (Wildman–Crippen MR) is 32.3 cm³/mol. The number of nitrogens with zero attached hydrogens (tertiary/aromatic N) is 1. The van der Waals surface area contributed by atoms with E-state index in [4.69, 9.17) is 5.11 Å². The van der Waals surface area contributed by atoms with E-state index in [1.54, 1.807) is 0 Å². The number of hydrogen-bond donors (Lipinski definition) is 1. The fourth-order valence-corrected chi connectivity index (χ4v) is 0.682. The quantitative estimate of drug-likeness (QED) is 0.715. The lowest BCUT2D eigenvalue weighted by molar-refractivity contribution is -0.208. The third kappa shape index (κ3) is 1.76. The highest BCUT2D eigenvalue weighted by atomic mass is 19.4. The molecule has 1 aromatic heterocycles. The van der Waals surface area contributed by atoms with Crippen molar-refractivity contribution in [1.29, 1.82) is 0 Å². The van der Waals surface area contributed by atoms with Gasteiger partial charge >= 0.3 is 6.18 Å². The van der Waals surface area contributed by atoms with Gasteiger partial charge in [0, 0.05) is 6.07 Å². The molecule has 1 rings (SSSR count). The lowest BCUT2D eigenvalue weighted by atomic mass is 10.2. The van der Waals surface area contributed by atoms with Gasteiger partial charge in [0.1, 0.15) is 11.5 Å². The number of alkyl halides is 3. The zero-order chi connectivity index (χ0) is 9.35. The second-order valence-corrected chi connectivity index (χ2v) is 2.31. The summed E-state index contributed by atoms with van der Waals surface area (Å²) in [5.41, 5.74) is -0.514. The minimum Gasteiger partial charge on any atom is -0.378 e. The molecule has 0 amide bonds. The number of aliphatic hydroxyl groups is 1. The van der Waals surface area contributed by atoms with Crippen LogP contribution in [-0.4, -0.2) is 16.4 Å². The highest BCUT2D eigenvalue weighted by Crippen LogP contribution is 2.31. The molecule has 0 spiro atoms. The van der Waals surface area contributed by atoms with Crippen molar-refractivity contribution in [3.8, 4) is 0 Å². The molecule has 1 heterocycles. The minimum atomic E-state index is -4.69. The molecular formula is C6H6F3NO2. The molecular weight excluding hydrogens is 175 g/mol. The first kappa shape index (κ1) is 9.05. The molecule has 12 heavy (non-hydrogen) atoms. The summed E-state index contributed by atoms with van der Waals surface area (Å²) >= 11 is 0. The van der Waals surface area contributed by atoms with E-state index in [9.17, 15) is 13.2 Å². The molecule has 0 radical (unpaired) electrons. The summed E-state index contributed by atoms with van der Waals surface area (Å²) in [6.45, 7) is 1.44. The molecule has 3 nitrogen and oxygen atoms in total. The van der Waals surface area contributed by atoms with E-state index in [0.29, 0.717) is 0 Å². The van der Waals surface area contributed by atoms with E-state index >= 15 is 0 Å². The first-order valence-corrected chi connectivity index (χ1v) is 3.09. The Balaban J connectivity index is 2.85. The van der Waals surface area contributed by atoms with E-state index in [1.807, 2.05) is 0 Å². The summed E-state index contributed by atoms with van der Waals surface area (Å²) in [5, 5.41) is 11.7. The number of aryl methyl sites for hydroxylation is 1. The third-order valence-electron chi connectivity index (χ3n) is 1.24. The number of halogens is 3. The largest absolute Gasteiger partial charge is 0.420 e. The summed E-state index contributed by atoms with van der Waals surface area (Å²) in [5.74, 6) is 0.230. The molecule has 0 fully saturated rings. The van der Waals surface area contributed by atoms with E-state index in [1.165, 1.54) is 6.92 Å². The van der Waals surface area contributed by atoms with Gasteiger partial charge in [-0.2, -0.15) is 13.2 Å². The zero-order valence-corrected chi connectivity index (χ0v) is 6.09. The van der Waals surface area contributed by atoms with Crippen molar-refractivity contribution in [2.45, 2.75) is 19.2 Å². The maximum Gasteiger partial charge on any atom is 0.420 e. The smallest absolute Gasteiger partial charge is 0.378 e. The molecule has 0 aliphatic heterocycles. The first-order valence-electron chi connectivity index (χ1n) is 3.09. The number of aliphatic hydroxyl groups excluding tert-OH is 1. The molecule has 1 atom stereocenters. The highest BCUT2D eigenvalue weighted by Gasteiger charge is 2.41. The highest BCUT2D eigenvalue weighted by molar-refractivity contribution is 5.08. The van der Waals surface area contributed by atoms with Crippen LogP contribution in [0.15, 0.2) is 10.6 Å². The van der Waals surface area contributed by atoms with Gasteiger partial charge in [0.2, 0.25) is 0 Å². The van der Waals surface area contributed by atoms with Crippen molar-refractivity contribution in [3.63, 3.8) is 0 Å². The van der Waals surface area contributed by atoms with Gasteiger partial charge in [-0.1, -0.05) is 5.16 Å². The van der Waals surface area contributed by atoms with Crippen LogP contribution in [0.3, 0.4) is 0 Å². The molecule has 0 aromatic carbocycles. The minimum absolute atomic E-state index is 0.230. The van der Waals surface area contributed by atoms with Crippen molar-refractivity contribution in [2.24, 2.45) is 0 Å². The second kappa shape index (κ2) is 2.78. The SMILES string of the molecule is Cc1cc(C(O)C(F)(F)F)no1. The van der Waals surface area contributed by atoms with Gasteiger partial charge in [0.05, 0.1) is 0 Å². The van der Waals surface area contributed by atoms with Crippen molar-refractivity contribution in [1.82, 2.24) is 5.16 Å². The Morgan fingerprint density at radius 3 is 2.50 bits per heavy atom. The Morgan fingerprint density at radius 2 is 2.17 bits per heavy atom. The Labute approximate surface area is 65.8 Å². The van der Waals surface area contributed by atoms with E-state index in [0.717, 1.165) is 6.07 Å². The fraction of sp³-hybridized carbons (Fsp3) is 0.500. The fourth-order valence-electron chi connectivity index (χ4n) is 0.682. The molecule has 68 valence electrons. The van der Waals surface area contributed by atoms with Crippen LogP contribution >= 0.6 is 0 Å². The Bertz CT molecular complexity index is 268. The van der Waals surface area contributed by atoms with Gasteiger partial charge in [-0.15, -0.1) is 0 Å². The van der Waals surface area contributed by atoms with E-state index < -0.39 is 18.0 Å². The van der Waals surface area contributed by atoms with Gasteiger partial charge in [-0.05, 0) is 6.92 Å². The first-order chi connectivity index (χ1) is 5.41. The third-order valence-corrected chi connectivity index (χ3v) is 1.24. The van der Waals surface area contributed by atoms with Crippen LogP contribution < -0.4 is 0 Å². The predicted octanol–water partition coefficient (Wildman–Crippen LogP) is 1.58. The number of aromatic nitrogens is 1. The van der Waals surface area contributed by atoms with E-state index in [-0.39, 0.29) is 5.76 Å². The van der Waals surface area contributed by atoms with Gasteiger partial charge < -0.3 is 9.63 Å². The van der Waals surface area contributed by atoms with Gasteiger partial charge in [0.25, 0.3) is 0 Å². The monoisotopic (exact) mass is 181 g/mol. The molecule has 1 aromatic rings. The Hall–Kier alpha value is -1.04. The van der Waals surface area contributed by atoms with Crippen LogP contribution in [0.5, 0.6) is 0 Å². The van der Waals surface area contributed by atoms with Crippen molar-refractivity contribution in [2.75, 3.05) is 0 Å². The lowest BCUT2D eigenvalue weighted by Gasteiger charge is -2.10. The summed E-state index contributed by atoms with van der Waals surface area (Å²) in [6.07, 6.45) is -7.25. The van der Waals surface area contributed by atoms with Gasteiger partial charge in [-0.25, -0.2) is 0 Å². The summed E-state index contributed by atoms with van der Waals surface area (Å²) in [4.78, 5) is 0. The Kier molecular flexibility index (Phi) is 2.10. The molecule has 0 saturated heterocycles. The van der Waals surface area contributed by atoms with Gasteiger partial charge in [-0.3, -0.25) is 0 Å². The molecule has 1 N–H and O–H groups in total. The van der Waals surface area contributed by atoms with Crippen molar-refractivity contribution in [3.05, 3.63) is 17.5 Å². The van der Waals surface area contributed by atoms with Crippen molar-refractivity contribution < 1.29 is 22.8 Å². The average Bonchev–Trinajstić information content (AvgIpc) is 2.32. The topological polar surface area (TPSA) is 46.3 Å². The Morgan fingerprint density at radius 1 is 1.58 bits per heavy atom. The maximum atomic E-state index is 11.8.